The lowest BCUT2D eigenvalue weighted by Crippen LogP contribution is -2.57. The molecule has 1 aromatic carbocycles. The van der Waals surface area contributed by atoms with Crippen molar-refractivity contribution < 1.29 is 48.1 Å². The highest BCUT2D eigenvalue weighted by Crippen LogP contribution is 2.37. The first kappa shape index (κ1) is 25.0. The molecule has 0 radical (unpaired) electrons. The van der Waals surface area contributed by atoms with Gasteiger partial charge in [-0.25, -0.2) is 4.79 Å². The maximum absolute atomic E-state index is 13.3. The topological polar surface area (TPSA) is 149 Å². The summed E-state index contributed by atoms with van der Waals surface area (Å²) < 4.78 is 15.1. The van der Waals surface area contributed by atoms with Crippen LogP contribution in [-0.4, -0.2) is 65.1 Å². The zero-order valence-electron chi connectivity index (χ0n) is 19.2. The Hall–Kier alpha value is -3.67. The van der Waals surface area contributed by atoms with E-state index >= 15 is 0 Å². The Morgan fingerprint density at radius 1 is 1.21 bits per heavy atom. The summed E-state index contributed by atoms with van der Waals surface area (Å²) in [6, 6.07) is 4.65. The number of phenols is 1. The van der Waals surface area contributed by atoms with Gasteiger partial charge in [-0.3, -0.25) is 28.9 Å². The molecule has 2 amide bonds. The molecule has 0 aliphatic carbocycles. The summed E-state index contributed by atoms with van der Waals surface area (Å²) in [5, 5.41) is 10.8. The molecule has 0 bridgehead atoms. The number of benzene rings is 1. The molecule has 3 rings (SSSR count). The predicted molar refractivity (Wildman–Crippen MR) is 112 cm³/mol. The van der Waals surface area contributed by atoms with Gasteiger partial charge in [0.1, 0.15) is 18.4 Å². The third-order valence-corrected chi connectivity index (χ3v) is 5.23. The number of carbonyl (C=O) groups excluding carboxylic acids is 5. The average Bonchev–Trinajstić information content (AvgIpc) is 3.32. The van der Waals surface area contributed by atoms with Crippen LogP contribution in [0.1, 0.15) is 40.5 Å². The Morgan fingerprint density at radius 2 is 1.88 bits per heavy atom. The summed E-state index contributed by atoms with van der Waals surface area (Å²) in [6.07, 6.45) is -0.475. The molecular formula is C22H26N2O10. The number of anilines is 1. The maximum atomic E-state index is 13.3. The van der Waals surface area contributed by atoms with E-state index in [4.69, 9.17) is 19.0 Å². The number of ether oxygens (including phenoxy) is 3. The first-order valence-corrected chi connectivity index (χ1v) is 10.5. The van der Waals surface area contributed by atoms with E-state index in [9.17, 15) is 29.1 Å². The monoisotopic (exact) mass is 478 g/mol. The number of nitrogens with zero attached hydrogens (tertiary/aromatic N) is 2. The van der Waals surface area contributed by atoms with Gasteiger partial charge in [-0.1, -0.05) is 12.1 Å². The number of hydrogen-bond donors (Lipinski definition) is 1. The number of esters is 3. The highest BCUT2D eigenvalue weighted by Gasteiger charge is 2.61. The molecule has 12 nitrogen and oxygen atoms in total. The number of phenolic OH excluding ortho intramolecular Hbond substituents is 1. The van der Waals surface area contributed by atoms with E-state index in [1.165, 1.54) is 19.1 Å². The Kier molecular flexibility index (Phi) is 6.82. The Morgan fingerprint density at radius 3 is 2.44 bits per heavy atom. The van der Waals surface area contributed by atoms with Gasteiger partial charge >= 0.3 is 23.6 Å². The Labute approximate surface area is 195 Å². The molecule has 184 valence electrons. The van der Waals surface area contributed by atoms with Crippen LogP contribution in [0.25, 0.3) is 0 Å². The molecule has 2 heterocycles. The second-order valence-corrected chi connectivity index (χ2v) is 8.81. The van der Waals surface area contributed by atoms with Gasteiger partial charge < -0.3 is 19.3 Å². The molecule has 1 N–H and O–H groups in total. The molecule has 2 aliphatic rings. The van der Waals surface area contributed by atoms with Gasteiger partial charge in [0, 0.05) is 13.3 Å². The standard InChI is InChI=1S/C22H26N2O10/c1-13(25)23(14-7-5-6-8-16(14)26)15-11-33-24(18(15)28)22(10-9-17(27)34-22)20(30)32-12-31-19(29)21(2,3)4/h5-8,15,26H,9-12H2,1-4H3/t15-,22?/m0/s1. The molecule has 1 unspecified atom stereocenters. The molecule has 2 fully saturated rings. The minimum atomic E-state index is -2.25. The van der Waals surface area contributed by atoms with Crippen LogP contribution >= 0.6 is 0 Å². The molecule has 2 atom stereocenters. The predicted octanol–water partition coefficient (Wildman–Crippen LogP) is 1.01. The fraction of sp³-hybridized carbons (Fsp3) is 0.500. The number of hydroxylamine groups is 2. The molecule has 12 heteroatoms. The van der Waals surface area contributed by atoms with Crippen molar-refractivity contribution in [3.05, 3.63) is 24.3 Å². The van der Waals surface area contributed by atoms with E-state index in [0.717, 1.165) is 4.90 Å². The summed E-state index contributed by atoms with van der Waals surface area (Å²) in [6.45, 7) is 4.89. The zero-order valence-corrected chi connectivity index (χ0v) is 19.2. The van der Waals surface area contributed by atoms with Gasteiger partial charge in [-0.2, -0.15) is 5.06 Å². The van der Waals surface area contributed by atoms with Crippen LogP contribution in [0.5, 0.6) is 5.75 Å². The summed E-state index contributed by atoms with van der Waals surface area (Å²) >= 11 is 0. The number of aromatic hydroxyl groups is 1. The van der Waals surface area contributed by atoms with Crippen LogP contribution in [0, 0.1) is 5.41 Å². The Balaban J connectivity index is 1.82. The van der Waals surface area contributed by atoms with Crippen LogP contribution < -0.4 is 4.90 Å². The van der Waals surface area contributed by atoms with Crippen molar-refractivity contribution in [3.8, 4) is 5.75 Å². The Bertz CT molecular complexity index is 1020. The largest absolute Gasteiger partial charge is 0.506 e. The van der Waals surface area contributed by atoms with E-state index in [1.54, 1.807) is 32.9 Å². The molecule has 2 saturated heterocycles. The number of rotatable bonds is 6. The number of hydrogen-bond acceptors (Lipinski definition) is 10. The van der Waals surface area contributed by atoms with E-state index in [1.807, 2.05) is 0 Å². The van der Waals surface area contributed by atoms with Crippen molar-refractivity contribution >= 4 is 35.4 Å². The SMILES string of the molecule is CC(=O)N(c1ccccc1O)[C@H]1CON(C2(C(=O)OCOC(=O)C(C)(C)C)CCC(=O)O2)C1=O. The lowest BCUT2D eigenvalue weighted by atomic mass is 9.98. The number of carbonyl (C=O) groups is 5. The van der Waals surface area contributed by atoms with Gasteiger partial charge in [0.05, 0.1) is 17.5 Å². The van der Waals surface area contributed by atoms with Crippen molar-refractivity contribution in [2.24, 2.45) is 5.41 Å². The summed E-state index contributed by atoms with van der Waals surface area (Å²) in [5.41, 5.74) is -3.03. The minimum absolute atomic E-state index is 0.0629. The lowest BCUT2D eigenvalue weighted by molar-refractivity contribution is -0.262. The zero-order chi connectivity index (χ0) is 25.3. The third-order valence-electron chi connectivity index (χ3n) is 5.23. The number of para-hydroxylation sites is 2. The van der Waals surface area contributed by atoms with Crippen molar-refractivity contribution in [2.45, 2.75) is 52.3 Å². The third kappa shape index (κ3) is 4.67. The molecule has 0 aromatic heterocycles. The summed E-state index contributed by atoms with van der Waals surface area (Å²) in [7, 11) is 0. The van der Waals surface area contributed by atoms with Gasteiger partial charge in [-0.15, -0.1) is 0 Å². The first-order valence-electron chi connectivity index (χ1n) is 10.5. The lowest BCUT2D eigenvalue weighted by Gasteiger charge is -2.33. The minimum Gasteiger partial charge on any atom is -0.506 e. The van der Waals surface area contributed by atoms with Crippen LogP contribution in [0.4, 0.5) is 5.69 Å². The second-order valence-electron chi connectivity index (χ2n) is 8.81. The van der Waals surface area contributed by atoms with Gasteiger partial charge in [0.2, 0.25) is 12.7 Å². The van der Waals surface area contributed by atoms with Crippen molar-refractivity contribution in [2.75, 3.05) is 18.3 Å². The van der Waals surface area contributed by atoms with Gasteiger partial charge in [0.25, 0.3) is 5.91 Å². The smallest absolute Gasteiger partial charge is 0.377 e. The molecule has 34 heavy (non-hydrogen) atoms. The van der Waals surface area contributed by atoms with Gasteiger partial charge in [-0.05, 0) is 32.9 Å². The highest BCUT2D eigenvalue weighted by atomic mass is 16.8. The van der Waals surface area contributed by atoms with Gasteiger partial charge in [0.15, 0.2) is 0 Å². The molecule has 0 spiro atoms. The van der Waals surface area contributed by atoms with Crippen LogP contribution in [0.2, 0.25) is 0 Å². The summed E-state index contributed by atoms with van der Waals surface area (Å²) in [5.74, 6) is -4.26. The van der Waals surface area contributed by atoms with E-state index in [2.05, 4.69) is 0 Å². The second kappa shape index (κ2) is 9.29. The fourth-order valence-electron chi connectivity index (χ4n) is 3.50. The first-order chi connectivity index (χ1) is 15.9. The number of cyclic esters (lactones) is 1. The fourth-order valence-corrected chi connectivity index (χ4v) is 3.50. The van der Waals surface area contributed by atoms with Crippen LogP contribution in [-0.2, 0) is 43.0 Å². The van der Waals surface area contributed by atoms with E-state index < -0.39 is 53.7 Å². The summed E-state index contributed by atoms with van der Waals surface area (Å²) in [4.78, 5) is 68.9. The van der Waals surface area contributed by atoms with E-state index in [0.29, 0.717) is 5.06 Å². The van der Waals surface area contributed by atoms with Crippen molar-refractivity contribution in [1.29, 1.82) is 0 Å². The highest BCUT2D eigenvalue weighted by molar-refractivity contribution is 6.02. The molecular weight excluding hydrogens is 452 g/mol. The van der Waals surface area contributed by atoms with Crippen molar-refractivity contribution in [3.63, 3.8) is 0 Å². The van der Waals surface area contributed by atoms with Crippen LogP contribution in [0.15, 0.2) is 24.3 Å². The quantitative estimate of drug-likeness (QED) is 0.464. The number of amides is 2. The maximum Gasteiger partial charge on any atom is 0.377 e. The average molecular weight is 478 g/mol. The normalized spacial score (nSPS) is 22.4. The molecule has 2 aliphatic heterocycles. The van der Waals surface area contributed by atoms with Crippen LogP contribution in [0.3, 0.4) is 0 Å². The van der Waals surface area contributed by atoms with E-state index in [-0.39, 0.29) is 30.9 Å². The molecule has 0 saturated carbocycles. The molecule has 1 aromatic rings. The van der Waals surface area contributed by atoms with Crippen molar-refractivity contribution in [1.82, 2.24) is 5.06 Å².